The van der Waals surface area contributed by atoms with Crippen LogP contribution in [0.3, 0.4) is 0 Å². The lowest BCUT2D eigenvalue weighted by molar-refractivity contribution is 0.539. The highest BCUT2D eigenvalue weighted by Crippen LogP contribution is 2.37. The average molecular weight is 443 g/mol. The largest absolute Gasteiger partial charge is 0.367 e. The van der Waals surface area contributed by atoms with Crippen LogP contribution in [0, 0.1) is 11.3 Å². The van der Waals surface area contributed by atoms with E-state index in [1.54, 1.807) is 6.07 Å². The molecule has 0 radical (unpaired) electrons. The Hall–Kier alpha value is -2.38. The summed E-state index contributed by atoms with van der Waals surface area (Å²) in [5.41, 5.74) is 3.90. The summed E-state index contributed by atoms with van der Waals surface area (Å²) >= 11 is 18.8. The van der Waals surface area contributed by atoms with Crippen molar-refractivity contribution in [1.82, 2.24) is 0 Å². The predicted octanol–water partition coefficient (Wildman–Crippen LogP) is 6.59. The summed E-state index contributed by atoms with van der Waals surface area (Å²) in [5.74, 6) is 0. The van der Waals surface area contributed by atoms with E-state index in [0.717, 1.165) is 31.0 Å². The molecule has 29 heavy (non-hydrogen) atoms. The molecule has 1 aliphatic rings. The summed E-state index contributed by atoms with van der Waals surface area (Å²) in [6.45, 7) is 2.43. The predicted molar refractivity (Wildman–Crippen MR) is 121 cm³/mol. The molecular weight excluding hydrogens is 425 g/mol. The molecule has 0 amide bonds. The van der Waals surface area contributed by atoms with Gasteiger partial charge in [0.05, 0.1) is 28.4 Å². The molecule has 1 aliphatic heterocycles. The maximum atomic E-state index is 9.06. The van der Waals surface area contributed by atoms with Crippen LogP contribution in [-0.2, 0) is 0 Å². The monoisotopic (exact) mass is 441 g/mol. The van der Waals surface area contributed by atoms with Gasteiger partial charge in [-0.05, 0) is 60.2 Å². The minimum absolute atomic E-state index is 0.0929. The van der Waals surface area contributed by atoms with Crippen molar-refractivity contribution >= 4 is 46.2 Å². The number of benzene rings is 3. The molecule has 3 aromatic rings. The van der Waals surface area contributed by atoms with Crippen LogP contribution >= 0.6 is 34.8 Å². The number of hydrogen-bond donors (Lipinski definition) is 0. The van der Waals surface area contributed by atoms with E-state index in [1.807, 2.05) is 48.5 Å². The van der Waals surface area contributed by atoms with Gasteiger partial charge >= 0.3 is 0 Å². The molecule has 0 aromatic heterocycles. The number of nitrogens with zero attached hydrogens (tertiary/aromatic N) is 3. The van der Waals surface area contributed by atoms with E-state index in [2.05, 4.69) is 28.0 Å². The Morgan fingerprint density at radius 3 is 2.17 bits per heavy atom. The first-order valence-corrected chi connectivity index (χ1v) is 10.4. The second-order valence-corrected chi connectivity index (χ2v) is 8.24. The molecule has 3 aromatic carbocycles. The van der Waals surface area contributed by atoms with Crippen LogP contribution in [0.2, 0.25) is 15.1 Å². The Morgan fingerprint density at radius 1 is 0.828 bits per heavy atom. The van der Waals surface area contributed by atoms with Gasteiger partial charge in [0.15, 0.2) is 0 Å². The highest BCUT2D eigenvalue weighted by molar-refractivity contribution is 6.36. The van der Waals surface area contributed by atoms with Gasteiger partial charge in [0.1, 0.15) is 0 Å². The number of nitriles is 1. The van der Waals surface area contributed by atoms with Crippen LogP contribution in [0.4, 0.5) is 11.4 Å². The topological polar surface area (TPSA) is 30.3 Å². The number of rotatable bonds is 3. The van der Waals surface area contributed by atoms with Gasteiger partial charge in [-0.25, -0.2) is 0 Å². The second kappa shape index (κ2) is 8.55. The maximum Gasteiger partial charge on any atom is 0.0991 e. The van der Waals surface area contributed by atoms with E-state index < -0.39 is 0 Å². The van der Waals surface area contributed by atoms with E-state index in [0.29, 0.717) is 20.6 Å². The van der Waals surface area contributed by atoms with Crippen molar-refractivity contribution in [1.29, 1.82) is 5.26 Å². The van der Waals surface area contributed by atoms with Crippen LogP contribution in [0.25, 0.3) is 0 Å². The van der Waals surface area contributed by atoms with Gasteiger partial charge in [-0.15, -0.1) is 0 Å². The summed E-state index contributed by atoms with van der Waals surface area (Å²) < 4.78 is 0. The lowest BCUT2D eigenvalue weighted by Gasteiger charge is -2.44. The molecule has 0 bridgehead atoms. The zero-order chi connectivity index (χ0) is 20.4. The summed E-state index contributed by atoms with van der Waals surface area (Å²) in [5, 5.41) is 11.0. The number of hydrogen-bond acceptors (Lipinski definition) is 3. The molecule has 1 fully saturated rings. The lowest BCUT2D eigenvalue weighted by Crippen LogP contribution is -2.48. The molecule has 1 saturated heterocycles. The van der Waals surface area contributed by atoms with E-state index in [-0.39, 0.29) is 6.04 Å². The molecule has 0 aliphatic carbocycles. The molecule has 0 saturated carbocycles. The van der Waals surface area contributed by atoms with Crippen LogP contribution in [0.1, 0.15) is 17.2 Å². The summed E-state index contributed by atoms with van der Waals surface area (Å²) in [6.07, 6.45) is 0. The van der Waals surface area contributed by atoms with Crippen molar-refractivity contribution in [3.05, 3.63) is 92.9 Å². The Bertz CT molecular complexity index is 1040. The third-order valence-electron chi connectivity index (χ3n) is 5.22. The van der Waals surface area contributed by atoms with E-state index in [9.17, 15) is 0 Å². The van der Waals surface area contributed by atoms with Crippen LogP contribution in [0.5, 0.6) is 0 Å². The van der Waals surface area contributed by atoms with Crippen molar-refractivity contribution in [2.45, 2.75) is 6.04 Å². The van der Waals surface area contributed by atoms with Crippen molar-refractivity contribution in [2.24, 2.45) is 0 Å². The van der Waals surface area contributed by atoms with Crippen LogP contribution in [-0.4, -0.2) is 19.6 Å². The van der Waals surface area contributed by atoms with Gasteiger partial charge in [-0.3, -0.25) is 0 Å². The molecule has 4 rings (SSSR count). The third kappa shape index (κ3) is 4.31. The van der Waals surface area contributed by atoms with Gasteiger partial charge < -0.3 is 9.80 Å². The van der Waals surface area contributed by atoms with E-state index >= 15 is 0 Å². The fourth-order valence-corrected chi connectivity index (χ4v) is 4.38. The first-order valence-electron chi connectivity index (χ1n) is 9.27. The SMILES string of the molecule is N#Cc1ccc(N2CCN(c3ccc(Cl)cc3Cl)[C@H](c3ccc(Cl)cc3)C2)cc1. The Balaban J connectivity index is 1.69. The second-order valence-electron chi connectivity index (χ2n) is 6.96. The number of piperazine rings is 1. The molecular formula is C23H18Cl3N3. The molecule has 0 N–H and O–H groups in total. The fraction of sp³-hybridized carbons (Fsp3) is 0.174. The first kappa shape index (κ1) is 19.9. The van der Waals surface area contributed by atoms with Crippen molar-refractivity contribution < 1.29 is 0 Å². The maximum absolute atomic E-state index is 9.06. The number of anilines is 2. The van der Waals surface area contributed by atoms with E-state index in [1.165, 1.54) is 5.56 Å². The average Bonchev–Trinajstić information content (AvgIpc) is 2.74. The van der Waals surface area contributed by atoms with Crippen molar-refractivity contribution in [3.63, 3.8) is 0 Å². The standard InChI is InChI=1S/C23H18Cl3N3/c24-18-5-3-17(4-6-18)23-15-28(20-8-1-16(14-27)2-9-20)11-12-29(23)22-10-7-19(25)13-21(22)26/h1-10,13,23H,11-12,15H2/t23-/m0/s1. The lowest BCUT2D eigenvalue weighted by atomic mass is 10.0. The van der Waals surface area contributed by atoms with Crippen LogP contribution < -0.4 is 9.80 Å². The quantitative estimate of drug-likeness (QED) is 0.458. The summed E-state index contributed by atoms with van der Waals surface area (Å²) in [4.78, 5) is 4.66. The molecule has 0 unspecified atom stereocenters. The Labute approximate surface area is 185 Å². The highest BCUT2D eigenvalue weighted by atomic mass is 35.5. The zero-order valence-electron chi connectivity index (χ0n) is 15.5. The van der Waals surface area contributed by atoms with Gasteiger partial charge in [0.25, 0.3) is 0 Å². The first-order chi connectivity index (χ1) is 14.0. The number of halogens is 3. The van der Waals surface area contributed by atoms with E-state index in [4.69, 9.17) is 40.1 Å². The highest BCUT2D eigenvalue weighted by Gasteiger charge is 2.30. The van der Waals surface area contributed by atoms with Gasteiger partial charge in [-0.1, -0.05) is 46.9 Å². The van der Waals surface area contributed by atoms with Gasteiger partial charge in [0.2, 0.25) is 0 Å². The molecule has 146 valence electrons. The van der Waals surface area contributed by atoms with Crippen molar-refractivity contribution in [3.8, 4) is 6.07 Å². The van der Waals surface area contributed by atoms with Gasteiger partial charge in [0, 0.05) is 35.4 Å². The summed E-state index contributed by atoms with van der Waals surface area (Å²) in [7, 11) is 0. The smallest absolute Gasteiger partial charge is 0.0991 e. The molecule has 0 spiro atoms. The Kier molecular flexibility index (Phi) is 5.87. The molecule has 1 atom stereocenters. The molecule has 6 heteroatoms. The normalized spacial score (nSPS) is 16.6. The van der Waals surface area contributed by atoms with Gasteiger partial charge in [-0.2, -0.15) is 5.26 Å². The van der Waals surface area contributed by atoms with Crippen LogP contribution in [0.15, 0.2) is 66.7 Å². The minimum Gasteiger partial charge on any atom is -0.367 e. The molecule has 3 nitrogen and oxygen atoms in total. The minimum atomic E-state index is 0.0929. The zero-order valence-corrected chi connectivity index (χ0v) is 17.8. The molecule has 1 heterocycles. The Morgan fingerprint density at radius 2 is 1.52 bits per heavy atom. The van der Waals surface area contributed by atoms with Crippen molar-refractivity contribution in [2.75, 3.05) is 29.4 Å². The summed E-state index contributed by atoms with van der Waals surface area (Å²) in [6, 6.07) is 23.6. The fourth-order valence-electron chi connectivity index (χ4n) is 3.74. The third-order valence-corrected chi connectivity index (χ3v) is 6.01.